The van der Waals surface area contributed by atoms with Gasteiger partial charge in [-0.2, -0.15) is 0 Å². The van der Waals surface area contributed by atoms with Gasteiger partial charge in [0.05, 0.1) is 12.2 Å². The van der Waals surface area contributed by atoms with E-state index in [2.05, 4.69) is 25.6 Å². The van der Waals surface area contributed by atoms with Gasteiger partial charge in [-0.3, -0.25) is 9.78 Å². The number of rotatable bonds is 5. The van der Waals surface area contributed by atoms with Gasteiger partial charge in [-0.25, -0.2) is 18.7 Å². The number of benzene rings is 1. The molecule has 2 aromatic heterocycles. The van der Waals surface area contributed by atoms with Crippen LogP contribution < -0.4 is 10.6 Å². The summed E-state index contributed by atoms with van der Waals surface area (Å²) in [5.74, 6) is -2.04. The molecule has 3 aromatic rings. The third-order valence-corrected chi connectivity index (χ3v) is 3.25. The number of amides is 1. The van der Waals surface area contributed by atoms with Crippen molar-refractivity contribution in [3.05, 3.63) is 78.0 Å². The van der Waals surface area contributed by atoms with Crippen molar-refractivity contribution < 1.29 is 13.6 Å². The fraction of sp³-hybridized carbons (Fsp3) is 0.0588. The molecule has 0 aliphatic carbocycles. The summed E-state index contributed by atoms with van der Waals surface area (Å²) in [6.07, 6.45) is 2.84. The second-order valence-electron chi connectivity index (χ2n) is 5.05. The van der Waals surface area contributed by atoms with E-state index < -0.39 is 17.5 Å². The average Bonchev–Trinajstić information content (AvgIpc) is 2.64. The van der Waals surface area contributed by atoms with Gasteiger partial charge in [-0.05, 0) is 24.3 Å². The summed E-state index contributed by atoms with van der Waals surface area (Å²) in [6.45, 7) is 0.260. The monoisotopic (exact) mass is 341 g/mol. The van der Waals surface area contributed by atoms with Crippen LogP contribution in [0.3, 0.4) is 0 Å². The third-order valence-electron chi connectivity index (χ3n) is 3.25. The van der Waals surface area contributed by atoms with Crippen LogP contribution in [0, 0.1) is 11.6 Å². The van der Waals surface area contributed by atoms with Gasteiger partial charge in [0.2, 0.25) is 0 Å². The minimum atomic E-state index is -0.979. The van der Waals surface area contributed by atoms with Crippen LogP contribution in [0.1, 0.15) is 16.2 Å². The van der Waals surface area contributed by atoms with Gasteiger partial charge in [0.1, 0.15) is 17.8 Å². The lowest BCUT2D eigenvalue weighted by atomic mass is 10.3. The van der Waals surface area contributed by atoms with Crippen molar-refractivity contribution >= 4 is 17.4 Å². The molecule has 0 bridgehead atoms. The normalized spacial score (nSPS) is 10.3. The summed E-state index contributed by atoms with van der Waals surface area (Å²) in [6, 6.07) is 10.2. The SMILES string of the molecule is O=C(NCc1ccccn1)c1cc(Nc2ccc(F)c(F)c2)ncn1. The van der Waals surface area contributed by atoms with Gasteiger partial charge in [-0.1, -0.05) is 6.07 Å². The zero-order valence-electron chi connectivity index (χ0n) is 12.9. The number of anilines is 2. The van der Waals surface area contributed by atoms with Crippen molar-refractivity contribution in [1.29, 1.82) is 0 Å². The first-order valence-electron chi connectivity index (χ1n) is 7.34. The van der Waals surface area contributed by atoms with Gasteiger partial charge >= 0.3 is 0 Å². The van der Waals surface area contributed by atoms with Crippen molar-refractivity contribution in [2.24, 2.45) is 0 Å². The molecule has 0 fully saturated rings. The molecule has 8 heteroatoms. The molecule has 0 spiro atoms. The molecule has 0 aliphatic rings. The van der Waals surface area contributed by atoms with E-state index in [0.717, 1.165) is 12.1 Å². The number of nitrogens with one attached hydrogen (secondary N) is 2. The molecule has 0 aliphatic heterocycles. The van der Waals surface area contributed by atoms with Gasteiger partial charge < -0.3 is 10.6 Å². The van der Waals surface area contributed by atoms with Gasteiger partial charge in [0.25, 0.3) is 5.91 Å². The number of carbonyl (C=O) groups excluding carboxylic acids is 1. The predicted molar refractivity (Wildman–Crippen MR) is 87.1 cm³/mol. The molecule has 0 atom stereocenters. The number of hydrogen-bond acceptors (Lipinski definition) is 5. The number of carbonyl (C=O) groups is 1. The maximum Gasteiger partial charge on any atom is 0.270 e. The van der Waals surface area contributed by atoms with Crippen LogP contribution in [-0.4, -0.2) is 20.9 Å². The Morgan fingerprint density at radius 2 is 1.88 bits per heavy atom. The molecular weight excluding hydrogens is 328 g/mol. The molecule has 6 nitrogen and oxygen atoms in total. The minimum Gasteiger partial charge on any atom is -0.345 e. The van der Waals surface area contributed by atoms with E-state index in [-0.39, 0.29) is 18.1 Å². The summed E-state index contributed by atoms with van der Waals surface area (Å²) >= 11 is 0. The number of halogens is 2. The maximum absolute atomic E-state index is 13.2. The van der Waals surface area contributed by atoms with Crippen LogP contribution >= 0.6 is 0 Å². The van der Waals surface area contributed by atoms with E-state index in [1.807, 2.05) is 6.07 Å². The van der Waals surface area contributed by atoms with Crippen molar-refractivity contribution in [1.82, 2.24) is 20.3 Å². The smallest absolute Gasteiger partial charge is 0.270 e. The van der Waals surface area contributed by atoms with Crippen LogP contribution in [0.5, 0.6) is 0 Å². The lowest BCUT2D eigenvalue weighted by Gasteiger charge is -2.08. The number of hydrogen-bond donors (Lipinski definition) is 2. The predicted octanol–water partition coefficient (Wildman–Crippen LogP) is 2.82. The van der Waals surface area contributed by atoms with Crippen molar-refractivity contribution in [2.45, 2.75) is 6.54 Å². The van der Waals surface area contributed by atoms with Gasteiger partial charge in [0.15, 0.2) is 11.6 Å². The molecule has 3 rings (SSSR count). The van der Waals surface area contributed by atoms with Crippen LogP contribution in [0.2, 0.25) is 0 Å². The largest absolute Gasteiger partial charge is 0.345 e. The highest BCUT2D eigenvalue weighted by atomic mass is 19.2. The molecule has 0 saturated carbocycles. The number of aromatic nitrogens is 3. The average molecular weight is 341 g/mol. The first-order valence-corrected chi connectivity index (χ1v) is 7.34. The number of nitrogens with zero attached hydrogens (tertiary/aromatic N) is 3. The van der Waals surface area contributed by atoms with Crippen LogP contribution in [-0.2, 0) is 6.54 Å². The van der Waals surface area contributed by atoms with E-state index >= 15 is 0 Å². The summed E-state index contributed by atoms with van der Waals surface area (Å²) in [4.78, 5) is 24.1. The highest BCUT2D eigenvalue weighted by Crippen LogP contribution is 2.17. The first-order chi connectivity index (χ1) is 12.1. The molecule has 2 heterocycles. The first kappa shape index (κ1) is 16.4. The fourth-order valence-corrected chi connectivity index (χ4v) is 2.04. The summed E-state index contributed by atoms with van der Waals surface area (Å²) in [7, 11) is 0. The second kappa shape index (κ2) is 7.43. The quantitative estimate of drug-likeness (QED) is 0.746. The Kier molecular flexibility index (Phi) is 4.89. The Bertz CT molecular complexity index is 889. The summed E-state index contributed by atoms with van der Waals surface area (Å²) in [5, 5.41) is 5.48. The molecule has 0 unspecified atom stereocenters. The topological polar surface area (TPSA) is 79.8 Å². The van der Waals surface area contributed by atoms with Crippen molar-refractivity contribution in [2.75, 3.05) is 5.32 Å². The minimum absolute atomic E-state index is 0.135. The molecule has 2 N–H and O–H groups in total. The Balaban J connectivity index is 1.68. The molecule has 1 amide bonds. The Morgan fingerprint density at radius 3 is 2.64 bits per heavy atom. The molecule has 25 heavy (non-hydrogen) atoms. The molecule has 1 aromatic carbocycles. The standard InChI is InChI=1S/C17H13F2N5O/c18-13-5-4-11(7-14(13)19)24-16-8-15(22-10-23-16)17(25)21-9-12-3-1-2-6-20-12/h1-8,10H,9H2,(H,21,25)(H,22,23,24). The van der Waals surface area contributed by atoms with Crippen molar-refractivity contribution in [3.63, 3.8) is 0 Å². The maximum atomic E-state index is 13.2. The molecule has 0 radical (unpaired) electrons. The zero-order chi connectivity index (χ0) is 17.6. The van der Waals surface area contributed by atoms with Crippen LogP contribution in [0.15, 0.2) is 55.0 Å². The fourth-order valence-electron chi connectivity index (χ4n) is 2.04. The van der Waals surface area contributed by atoms with E-state index in [1.54, 1.807) is 18.3 Å². The highest BCUT2D eigenvalue weighted by Gasteiger charge is 2.10. The van der Waals surface area contributed by atoms with E-state index in [1.165, 1.54) is 18.5 Å². The lowest BCUT2D eigenvalue weighted by Crippen LogP contribution is -2.24. The molecule has 0 saturated heterocycles. The van der Waals surface area contributed by atoms with Crippen LogP contribution in [0.25, 0.3) is 0 Å². The Morgan fingerprint density at radius 1 is 1.00 bits per heavy atom. The van der Waals surface area contributed by atoms with Gasteiger partial charge in [0, 0.05) is 24.0 Å². The Labute approximate surface area is 142 Å². The number of pyridine rings is 1. The lowest BCUT2D eigenvalue weighted by molar-refractivity contribution is 0.0945. The van der Waals surface area contributed by atoms with E-state index in [4.69, 9.17) is 0 Å². The highest BCUT2D eigenvalue weighted by molar-refractivity contribution is 5.92. The van der Waals surface area contributed by atoms with Crippen LogP contribution in [0.4, 0.5) is 20.3 Å². The van der Waals surface area contributed by atoms with Gasteiger partial charge in [-0.15, -0.1) is 0 Å². The summed E-state index contributed by atoms with van der Waals surface area (Å²) in [5.41, 5.74) is 1.15. The Hall–Kier alpha value is -3.42. The molecular formula is C17H13F2N5O. The molecule has 126 valence electrons. The summed E-state index contributed by atoms with van der Waals surface area (Å²) < 4.78 is 26.2. The second-order valence-corrected chi connectivity index (χ2v) is 5.05. The zero-order valence-corrected chi connectivity index (χ0v) is 12.9. The van der Waals surface area contributed by atoms with Crippen molar-refractivity contribution in [3.8, 4) is 0 Å². The third kappa shape index (κ3) is 4.31. The van der Waals surface area contributed by atoms with E-state index in [9.17, 15) is 13.6 Å². The van der Waals surface area contributed by atoms with E-state index in [0.29, 0.717) is 11.4 Å².